The molecule has 23 heavy (non-hydrogen) atoms. The van der Waals surface area contributed by atoms with Crippen molar-refractivity contribution < 1.29 is 18.3 Å². The van der Waals surface area contributed by atoms with Crippen molar-refractivity contribution in [1.29, 1.82) is 0 Å². The molecule has 0 saturated carbocycles. The van der Waals surface area contributed by atoms with Crippen molar-refractivity contribution in [3.8, 4) is 17.0 Å². The number of methoxy groups -OCH3 is 1. The molecular formula is C16H13FN2O3S. The largest absolute Gasteiger partial charge is 0.494 e. The summed E-state index contributed by atoms with van der Waals surface area (Å²) in [5, 5.41) is 4.82. The van der Waals surface area contributed by atoms with Crippen LogP contribution in [0.15, 0.2) is 40.3 Å². The first-order chi connectivity index (χ1) is 11.1. The van der Waals surface area contributed by atoms with Crippen molar-refractivity contribution in [2.45, 2.75) is 6.92 Å². The summed E-state index contributed by atoms with van der Waals surface area (Å²) in [6, 6.07) is 6.30. The van der Waals surface area contributed by atoms with E-state index >= 15 is 0 Å². The monoisotopic (exact) mass is 332 g/mol. The lowest BCUT2D eigenvalue weighted by Crippen LogP contribution is -2.11. The van der Waals surface area contributed by atoms with E-state index in [0.717, 1.165) is 5.56 Å². The number of nitrogens with one attached hydrogen (secondary N) is 1. The lowest BCUT2D eigenvalue weighted by atomic mass is 10.1. The fraction of sp³-hybridized carbons (Fsp3) is 0.125. The van der Waals surface area contributed by atoms with E-state index in [0.29, 0.717) is 16.4 Å². The smallest absolute Gasteiger partial charge is 0.293 e. The van der Waals surface area contributed by atoms with Gasteiger partial charge in [0.1, 0.15) is 0 Å². The minimum atomic E-state index is -0.463. The molecule has 1 N–H and O–H groups in total. The SMILES string of the molecule is COc1ccc(-c2csc(NC(=O)c3occc3C)n2)cc1F. The highest BCUT2D eigenvalue weighted by Crippen LogP contribution is 2.28. The zero-order valence-electron chi connectivity index (χ0n) is 12.4. The van der Waals surface area contributed by atoms with Crippen molar-refractivity contribution >= 4 is 22.4 Å². The van der Waals surface area contributed by atoms with E-state index in [1.54, 1.807) is 24.4 Å². The van der Waals surface area contributed by atoms with Crippen molar-refractivity contribution in [1.82, 2.24) is 4.98 Å². The van der Waals surface area contributed by atoms with Gasteiger partial charge in [-0.3, -0.25) is 10.1 Å². The van der Waals surface area contributed by atoms with Crippen LogP contribution in [0.2, 0.25) is 0 Å². The van der Waals surface area contributed by atoms with E-state index in [-0.39, 0.29) is 17.4 Å². The van der Waals surface area contributed by atoms with Crippen LogP contribution in [0.4, 0.5) is 9.52 Å². The van der Waals surface area contributed by atoms with Gasteiger partial charge in [0.15, 0.2) is 22.5 Å². The summed E-state index contributed by atoms with van der Waals surface area (Å²) in [5.41, 5.74) is 1.92. The number of aryl methyl sites for hydroxylation is 1. The van der Waals surface area contributed by atoms with E-state index in [1.165, 1.54) is 36.8 Å². The number of furan rings is 1. The number of hydrogen-bond donors (Lipinski definition) is 1. The number of carbonyl (C=O) groups excluding carboxylic acids is 1. The maximum Gasteiger partial charge on any atom is 0.293 e. The second-order valence-electron chi connectivity index (χ2n) is 4.77. The van der Waals surface area contributed by atoms with Crippen LogP contribution in [0, 0.1) is 12.7 Å². The van der Waals surface area contributed by atoms with Crippen LogP contribution in [-0.4, -0.2) is 18.0 Å². The highest BCUT2D eigenvalue weighted by Gasteiger charge is 2.15. The molecule has 5 nitrogen and oxygen atoms in total. The minimum absolute atomic E-state index is 0.172. The molecule has 7 heteroatoms. The third-order valence-electron chi connectivity index (χ3n) is 3.24. The van der Waals surface area contributed by atoms with E-state index in [1.807, 2.05) is 0 Å². The number of benzene rings is 1. The first-order valence-corrected chi connectivity index (χ1v) is 7.61. The summed E-state index contributed by atoms with van der Waals surface area (Å²) >= 11 is 1.25. The molecule has 1 amide bonds. The fourth-order valence-electron chi connectivity index (χ4n) is 2.05. The van der Waals surface area contributed by atoms with Crippen molar-refractivity contribution in [3.63, 3.8) is 0 Å². The van der Waals surface area contributed by atoms with Crippen LogP contribution < -0.4 is 10.1 Å². The Labute approximate surface area is 135 Å². The van der Waals surface area contributed by atoms with E-state index in [4.69, 9.17) is 9.15 Å². The molecular weight excluding hydrogens is 319 g/mol. The molecule has 3 aromatic rings. The van der Waals surface area contributed by atoms with Gasteiger partial charge < -0.3 is 9.15 Å². The predicted octanol–water partition coefficient (Wildman–Crippen LogP) is 4.11. The summed E-state index contributed by atoms with van der Waals surface area (Å²) in [6.45, 7) is 1.78. The summed E-state index contributed by atoms with van der Waals surface area (Å²) in [5.74, 6) is -0.410. The first-order valence-electron chi connectivity index (χ1n) is 6.73. The highest BCUT2D eigenvalue weighted by molar-refractivity contribution is 7.14. The van der Waals surface area contributed by atoms with Crippen molar-refractivity contribution in [2.75, 3.05) is 12.4 Å². The quantitative estimate of drug-likeness (QED) is 0.781. The maximum atomic E-state index is 13.8. The first kappa shape index (κ1) is 15.2. The highest BCUT2D eigenvalue weighted by atomic mass is 32.1. The lowest BCUT2D eigenvalue weighted by Gasteiger charge is -2.03. The number of ether oxygens (including phenoxy) is 1. The lowest BCUT2D eigenvalue weighted by molar-refractivity contribution is 0.0996. The number of thiazole rings is 1. The molecule has 3 rings (SSSR count). The molecule has 0 saturated heterocycles. The number of carbonyl (C=O) groups is 1. The standard InChI is InChI=1S/C16H13FN2O3S/c1-9-5-6-22-14(9)15(20)19-16-18-12(8-23-16)10-3-4-13(21-2)11(17)7-10/h3-8H,1-2H3,(H,18,19,20). The number of amides is 1. The summed E-state index contributed by atoms with van der Waals surface area (Å²) in [6.07, 6.45) is 1.46. The van der Waals surface area contributed by atoms with Gasteiger partial charge in [0.05, 0.1) is 19.1 Å². The van der Waals surface area contributed by atoms with Crippen molar-refractivity contribution in [2.24, 2.45) is 0 Å². The molecule has 0 bridgehead atoms. The molecule has 0 aliphatic carbocycles. The Morgan fingerprint density at radius 3 is 2.87 bits per heavy atom. The van der Waals surface area contributed by atoms with Crippen LogP contribution in [-0.2, 0) is 0 Å². The second kappa shape index (κ2) is 6.21. The predicted molar refractivity (Wildman–Crippen MR) is 85.5 cm³/mol. The summed E-state index contributed by atoms with van der Waals surface area (Å²) < 4.78 is 23.8. The number of nitrogens with zero attached hydrogens (tertiary/aromatic N) is 1. The molecule has 0 spiro atoms. The normalized spacial score (nSPS) is 10.6. The Morgan fingerprint density at radius 1 is 1.39 bits per heavy atom. The van der Waals surface area contributed by atoms with Crippen LogP contribution in [0.1, 0.15) is 16.1 Å². The zero-order chi connectivity index (χ0) is 16.4. The van der Waals surface area contributed by atoms with Gasteiger partial charge in [-0.2, -0.15) is 0 Å². The van der Waals surface area contributed by atoms with Gasteiger partial charge in [0.25, 0.3) is 5.91 Å². The Hall–Kier alpha value is -2.67. The van der Waals surface area contributed by atoms with Crippen LogP contribution >= 0.6 is 11.3 Å². The van der Waals surface area contributed by atoms with Gasteiger partial charge >= 0.3 is 0 Å². The maximum absolute atomic E-state index is 13.8. The molecule has 0 aliphatic heterocycles. The number of halogens is 1. The van der Waals surface area contributed by atoms with E-state index in [2.05, 4.69) is 10.3 Å². The van der Waals surface area contributed by atoms with Gasteiger partial charge in [0, 0.05) is 16.5 Å². The molecule has 0 aliphatic rings. The topological polar surface area (TPSA) is 64.4 Å². The van der Waals surface area contributed by atoms with Gasteiger partial charge in [-0.05, 0) is 31.2 Å². The van der Waals surface area contributed by atoms with Gasteiger partial charge in [-0.15, -0.1) is 11.3 Å². The molecule has 0 atom stereocenters. The average molecular weight is 332 g/mol. The molecule has 0 radical (unpaired) electrons. The average Bonchev–Trinajstić information content (AvgIpc) is 3.16. The molecule has 2 aromatic heterocycles. The minimum Gasteiger partial charge on any atom is -0.494 e. The molecule has 0 unspecified atom stereocenters. The third-order valence-corrected chi connectivity index (χ3v) is 4.00. The zero-order valence-corrected chi connectivity index (χ0v) is 13.2. The summed E-state index contributed by atoms with van der Waals surface area (Å²) in [7, 11) is 1.41. The number of anilines is 1. The Balaban J connectivity index is 1.79. The fourth-order valence-corrected chi connectivity index (χ4v) is 2.76. The van der Waals surface area contributed by atoms with E-state index < -0.39 is 5.82 Å². The molecule has 118 valence electrons. The van der Waals surface area contributed by atoms with Crippen molar-refractivity contribution in [3.05, 3.63) is 53.0 Å². The van der Waals surface area contributed by atoms with Crippen LogP contribution in [0.3, 0.4) is 0 Å². The molecule has 1 aromatic carbocycles. The number of hydrogen-bond acceptors (Lipinski definition) is 5. The Morgan fingerprint density at radius 2 is 2.22 bits per heavy atom. The van der Waals surface area contributed by atoms with Gasteiger partial charge in [-0.1, -0.05) is 0 Å². The third kappa shape index (κ3) is 3.09. The van der Waals surface area contributed by atoms with Crippen LogP contribution in [0.5, 0.6) is 5.75 Å². The Kier molecular flexibility index (Phi) is 4.12. The van der Waals surface area contributed by atoms with Gasteiger partial charge in [0.2, 0.25) is 0 Å². The Bertz CT molecular complexity index is 857. The number of rotatable bonds is 4. The molecule has 2 heterocycles. The van der Waals surface area contributed by atoms with E-state index in [9.17, 15) is 9.18 Å². The van der Waals surface area contributed by atoms with Crippen LogP contribution in [0.25, 0.3) is 11.3 Å². The molecule has 0 fully saturated rings. The second-order valence-corrected chi connectivity index (χ2v) is 5.63. The summed E-state index contributed by atoms with van der Waals surface area (Å²) in [4.78, 5) is 16.4. The van der Waals surface area contributed by atoms with Gasteiger partial charge in [-0.25, -0.2) is 9.37 Å². The number of aromatic nitrogens is 1.